The average Bonchev–Trinajstić information content (AvgIpc) is 2.37. The first-order valence-corrected chi connectivity index (χ1v) is 6.05. The van der Waals surface area contributed by atoms with E-state index in [9.17, 15) is 9.59 Å². The molecule has 1 atom stereocenters. The quantitative estimate of drug-likeness (QED) is 0.782. The van der Waals surface area contributed by atoms with Gasteiger partial charge in [0.25, 0.3) is 0 Å². The SMILES string of the molecule is COC(=O)c1ccnc(NC(C)C(=O)NC(C)C)c1. The Morgan fingerprint density at radius 3 is 2.58 bits per heavy atom. The maximum absolute atomic E-state index is 11.7. The minimum atomic E-state index is -0.442. The summed E-state index contributed by atoms with van der Waals surface area (Å²) in [6.07, 6.45) is 1.49. The van der Waals surface area contributed by atoms with Crippen LogP contribution >= 0.6 is 0 Å². The first-order chi connectivity index (χ1) is 8.93. The number of hydrogen-bond acceptors (Lipinski definition) is 5. The van der Waals surface area contributed by atoms with Crippen molar-refractivity contribution in [3.05, 3.63) is 23.9 Å². The second kappa shape index (κ2) is 6.72. The zero-order valence-corrected chi connectivity index (χ0v) is 11.6. The Balaban J connectivity index is 2.71. The molecular formula is C13H19N3O3. The molecule has 104 valence electrons. The van der Waals surface area contributed by atoms with Gasteiger partial charge in [0.15, 0.2) is 0 Å². The molecular weight excluding hydrogens is 246 g/mol. The summed E-state index contributed by atoms with van der Waals surface area (Å²) in [6.45, 7) is 5.51. The summed E-state index contributed by atoms with van der Waals surface area (Å²) in [6, 6.07) is 2.73. The minimum absolute atomic E-state index is 0.0751. The fourth-order valence-corrected chi connectivity index (χ4v) is 1.45. The number of aromatic nitrogens is 1. The standard InChI is InChI=1S/C13H19N3O3/c1-8(2)15-12(17)9(3)16-11-7-10(5-6-14-11)13(18)19-4/h5-9H,1-4H3,(H,14,16)(H,15,17). The third-order valence-electron chi connectivity index (χ3n) is 2.37. The van der Waals surface area contributed by atoms with Crippen molar-refractivity contribution in [2.24, 2.45) is 0 Å². The lowest BCUT2D eigenvalue weighted by Gasteiger charge is -2.16. The molecule has 0 saturated heterocycles. The van der Waals surface area contributed by atoms with E-state index < -0.39 is 12.0 Å². The molecule has 6 nitrogen and oxygen atoms in total. The van der Waals surface area contributed by atoms with Gasteiger partial charge < -0.3 is 15.4 Å². The molecule has 0 aliphatic heterocycles. The molecule has 0 saturated carbocycles. The molecule has 0 aromatic carbocycles. The first kappa shape index (κ1) is 14.9. The molecule has 1 unspecified atom stereocenters. The van der Waals surface area contributed by atoms with Crippen LogP contribution in [0.2, 0.25) is 0 Å². The first-order valence-electron chi connectivity index (χ1n) is 6.05. The van der Waals surface area contributed by atoms with E-state index in [-0.39, 0.29) is 11.9 Å². The number of nitrogens with one attached hydrogen (secondary N) is 2. The van der Waals surface area contributed by atoms with Crippen molar-refractivity contribution >= 4 is 17.7 Å². The Kier molecular flexibility index (Phi) is 5.29. The van der Waals surface area contributed by atoms with Crippen LogP contribution in [0.4, 0.5) is 5.82 Å². The molecule has 0 aliphatic carbocycles. The van der Waals surface area contributed by atoms with Crippen molar-refractivity contribution in [2.45, 2.75) is 32.9 Å². The number of rotatable bonds is 5. The normalized spacial score (nSPS) is 11.8. The van der Waals surface area contributed by atoms with E-state index in [2.05, 4.69) is 20.4 Å². The number of carbonyl (C=O) groups excluding carboxylic acids is 2. The lowest BCUT2D eigenvalue weighted by atomic mass is 10.2. The maximum atomic E-state index is 11.7. The van der Waals surface area contributed by atoms with Crippen molar-refractivity contribution in [2.75, 3.05) is 12.4 Å². The monoisotopic (exact) mass is 265 g/mol. The predicted octanol–water partition coefficient (Wildman–Crippen LogP) is 1.19. The van der Waals surface area contributed by atoms with Crippen LogP contribution in [0, 0.1) is 0 Å². The van der Waals surface area contributed by atoms with Crippen molar-refractivity contribution in [3.63, 3.8) is 0 Å². The molecule has 0 bridgehead atoms. The number of esters is 1. The molecule has 19 heavy (non-hydrogen) atoms. The molecule has 1 aromatic rings. The van der Waals surface area contributed by atoms with Crippen molar-refractivity contribution in [1.29, 1.82) is 0 Å². The number of hydrogen-bond donors (Lipinski definition) is 2. The van der Waals surface area contributed by atoms with E-state index in [1.165, 1.54) is 13.3 Å². The number of nitrogens with zero attached hydrogens (tertiary/aromatic N) is 1. The Labute approximate surface area is 112 Å². The van der Waals surface area contributed by atoms with Gasteiger partial charge in [-0.3, -0.25) is 4.79 Å². The fourth-order valence-electron chi connectivity index (χ4n) is 1.45. The van der Waals surface area contributed by atoms with Gasteiger partial charge in [0.05, 0.1) is 12.7 Å². The molecule has 1 heterocycles. The van der Waals surface area contributed by atoms with Crippen LogP contribution in [0.1, 0.15) is 31.1 Å². The fraction of sp³-hybridized carbons (Fsp3) is 0.462. The van der Waals surface area contributed by atoms with Crippen LogP contribution in [-0.4, -0.2) is 36.1 Å². The Bertz CT molecular complexity index is 460. The predicted molar refractivity (Wildman–Crippen MR) is 71.9 cm³/mol. The van der Waals surface area contributed by atoms with Crippen LogP contribution in [0.5, 0.6) is 0 Å². The van der Waals surface area contributed by atoms with Crippen LogP contribution < -0.4 is 10.6 Å². The van der Waals surface area contributed by atoms with E-state index >= 15 is 0 Å². The molecule has 0 spiro atoms. The molecule has 1 aromatic heterocycles. The summed E-state index contributed by atoms with van der Waals surface area (Å²) in [5.41, 5.74) is 0.386. The smallest absolute Gasteiger partial charge is 0.338 e. The van der Waals surface area contributed by atoms with Gasteiger partial charge in [-0.25, -0.2) is 9.78 Å². The minimum Gasteiger partial charge on any atom is -0.465 e. The Hall–Kier alpha value is -2.11. The van der Waals surface area contributed by atoms with Gasteiger partial charge in [0, 0.05) is 12.2 Å². The highest BCUT2D eigenvalue weighted by atomic mass is 16.5. The van der Waals surface area contributed by atoms with Crippen LogP contribution in [0.25, 0.3) is 0 Å². The summed E-state index contributed by atoms with van der Waals surface area (Å²) >= 11 is 0. The summed E-state index contributed by atoms with van der Waals surface area (Å²) < 4.78 is 4.62. The topological polar surface area (TPSA) is 80.3 Å². The summed E-state index contributed by atoms with van der Waals surface area (Å²) in [4.78, 5) is 27.2. The highest BCUT2D eigenvalue weighted by Crippen LogP contribution is 2.09. The molecule has 1 amide bonds. The van der Waals surface area contributed by atoms with Crippen LogP contribution in [0.15, 0.2) is 18.3 Å². The van der Waals surface area contributed by atoms with E-state index in [0.29, 0.717) is 11.4 Å². The lowest BCUT2D eigenvalue weighted by Crippen LogP contribution is -2.41. The number of carbonyl (C=O) groups is 2. The van der Waals surface area contributed by atoms with Crippen molar-refractivity contribution in [1.82, 2.24) is 10.3 Å². The number of amides is 1. The van der Waals surface area contributed by atoms with Gasteiger partial charge in [0.1, 0.15) is 11.9 Å². The van der Waals surface area contributed by atoms with Gasteiger partial charge in [-0.1, -0.05) is 0 Å². The van der Waals surface area contributed by atoms with E-state index in [4.69, 9.17) is 0 Å². The molecule has 1 rings (SSSR count). The molecule has 0 aliphatic rings. The number of ether oxygens (including phenoxy) is 1. The summed E-state index contributed by atoms with van der Waals surface area (Å²) in [5, 5.41) is 5.73. The van der Waals surface area contributed by atoms with Gasteiger partial charge >= 0.3 is 5.97 Å². The second-order valence-electron chi connectivity index (χ2n) is 4.45. The second-order valence-corrected chi connectivity index (χ2v) is 4.45. The van der Waals surface area contributed by atoms with Gasteiger partial charge in [0.2, 0.25) is 5.91 Å². The third kappa shape index (κ3) is 4.57. The Morgan fingerprint density at radius 1 is 1.32 bits per heavy atom. The molecule has 0 radical (unpaired) electrons. The van der Waals surface area contributed by atoms with Crippen LogP contribution in [0.3, 0.4) is 0 Å². The molecule has 2 N–H and O–H groups in total. The van der Waals surface area contributed by atoms with Crippen LogP contribution in [-0.2, 0) is 9.53 Å². The number of pyridine rings is 1. The number of methoxy groups -OCH3 is 1. The summed E-state index contributed by atoms with van der Waals surface area (Å²) in [7, 11) is 1.31. The van der Waals surface area contributed by atoms with E-state index in [1.54, 1.807) is 19.1 Å². The largest absolute Gasteiger partial charge is 0.465 e. The zero-order valence-electron chi connectivity index (χ0n) is 11.6. The van der Waals surface area contributed by atoms with E-state index in [0.717, 1.165) is 0 Å². The average molecular weight is 265 g/mol. The molecule has 0 fully saturated rings. The van der Waals surface area contributed by atoms with E-state index in [1.807, 2.05) is 13.8 Å². The van der Waals surface area contributed by atoms with Gasteiger partial charge in [-0.2, -0.15) is 0 Å². The number of anilines is 1. The van der Waals surface area contributed by atoms with Crippen molar-refractivity contribution < 1.29 is 14.3 Å². The maximum Gasteiger partial charge on any atom is 0.338 e. The highest BCUT2D eigenvalue weighted by molar-refractivity contribution is 5.90. The third-order valence-corrected chi connectivity index (χ3v) is 2.37. The molecule has 6 heteroatoms. The zero-order chi connectivity index (χ0) is 14.4. The lowest BCUT2D eigenvalue weighted by molar-refractivity contribution is -0.122. The van der Waals surface area contributed by atoms with Gasteiger partial charge in [-0.15, -0.1) is 0 Å². The van der Waals surface area contributed by atoms with Crippen molar-refractivity contribution in [3.8, 4) is 0 Å². The summed E-state index contributed by atoms with van der Waals surface area (Å²) in [5.74, 6) is -0.112. The Morgan fingerprint density at radius 2 is 2.00 bits per heavy atom. The highest BCUT2D eigenvalue weighted by Gasteiger charge is 2.14. The van der Waals surface area contributed by atoms with Gasteiger partial charge in [-0.05, 0) is 32.9 Å².